The van der Waals surface area contributed by atoms with Gasteiger partial charge in [0.05, 0.1) is 67.4 Å². The highest BCUT2D eigenvalue weighted by atomic mass is 16.5. The van der Waals surface area contributed by atoms with Gasteiger partial charge in [-0.3, -0.25) is 48.4 Å². The van der Waals surface area contributed by atoms with Gasteiger partial charge < -0.3 is 54.5 Å². The molecule has 496 valence electrons. The second-order valence-electron chi connectivity index (χ2n) is 25.6. The van der Waals surface area contributed by atoms with Gasteiger partial charge in [0.15, 0.2) is 23.0 Å². The minimum atomic E-state index is -0.941. The number of hydrogen-bond donors (Lipinski definition) is 3. The van der Waals surface area contributed by atoms with E-state index in [1.54, 1.807) is 59.3 Å². The number of imide groups is 1. The van der Waals surface area contributed by atoms with Crippen molar-refractivity contribution in [1.82, 2.24) is 30.2 Å². The van der Waals surface area contributed by atoms with Gasteiger partial charge >= 0.3 is 0 Å². The van der Waals surface area contributed by atoms with Gasteiger partial charge in [-0.2, -0.15) is 0 Å². The summed E-state index contributed by atoms with van der Waals surface area (Å²) in [7, 11) is 5.21. The molecule has 0 radical (unpaired) electrons. The van der Waals surface area contributed by atoms with E-state index in [-0.39, 0.29) is 74.1 Å². The van der Waals surface area contributed by atoms with Crippen molar-refractivity contribution in [1.29, 1.82) is 0 Å². The lowest BCUT2D eigenvalue weighted by Gasteiger charge is -2.34. The summed E-state index contributed by atoms with van der Waals surface area (Å²) in [5.41, 5.74) is 7.31. The molecule has 5 atom stereocenters. The summed E-state index contributed by atoms with van der Waals surface area (Å²) in [5.74, 6) is -1.22. The van der Waals surface area contributed by atoms with Crippen molar-refractivity contribution in [2.75, 3.05) is 77.4 Å². The summed E-state index contributed by atoms with van der Waals surface area (Å²) in [6.07, 6.45) is 25.1. The number of carbonyl (C=O) groups excluding carboxylic acids is 7. The largest absolute Gasteiger partial charge is 0.493 e. The van der Waals surface area contributed by atoms with E-state index < -0.39 is 35.4 Å². The summed E-state index contributed by atoms with van der Waals surface area (Å²) >= 11 is 0. The summed E-state index contributed by atoms with van der Waals surface area (Å²) in [5, 5.41) is 8.46. The number of unbranched alkanes of at least 4 members (excludes halogenated alkanes) is 2. The molecule has 95 heavy (non-hydrogen) atoms. The molecule has 1 aliphatic carbocycles. The molecule has 2 unspecified atom stereocenters. The quantitative estimate of drug-likeness (QED) is 0.0438. The van der Waals surface area contributed by atoms with Crippen LogP contribution in [0.15, 0.2) is 143 Å². The number of nitrogens with one attached hydrogen (secondary N) is 3. The lowest BCUT2D eigenvalue weighted by Crippen LogP contribution is -2.53. The third-order valence-corrected chi connectivity index (χ3v) is 18.4. The monoisotopic (exact) mass is 1290 g/mol. The van der Waals surface area contributed by atoms with Gasteiger partial charge in [0.2, 0.25) is 29.5 Å². The zero-order valence-corrected chi connectivity index (χ0v) is 55.1. The fraction of sp³-hybridized carbons (Fsp3) is 0.392. The maximum atomic E-state index is 14.4. The Morgan fingerprint density at radius 3 is 2.05 bits per heavy atom. The van der Waals surface area contributed by atoms with Crippen LogP contribution in [-0.2, 0) is 24.0 Å². The van der Waals surface area contributed by atoms with Gasteiger partial charge in [-0.15, -0.1) is 0 Å². The van der Waals surface area contributed by atoms with E-state index in [2.05, 4.69) is 57.1 Å². The third-order valence-electron chi connectivity index (χ3n) is 18.4. The topological polar surface area (TPSA) is 233 Å². The number of rotatable bonds is 24. The number of aliphatic imine (C=N–C) groups is 2. The van der Waals surface area contributed by atoms with Crippen molar-refractivity contribution in [3.63, 3.8) is 0 Å². The highest BCUT2D eigenvalue weighted by molar-refractivity contribution is 6.08. The van der Waals surface area contributed by atoms with Crippen molar-refractivity contribution in [2.24, 2.45) is 21.8 Å². The Hall–Kier alpha value is -9.89. The average molecular weight is 1290 g/mol. The smallest absolute Gasteiger partial charge is 0.260 e. The van der Waals surface area contributed by atoms with Gasteiger partial charge in [-0.05, 0) is 110 Å². The zero-order chi connectivity index (χ0) is 66.9. The molecule has 11 rings (SSSR count). The molecule has 7 amide bonds. The van der Waals surface area contributed by atoms with Gasteiger partial charge in [0, 0.05) is 113 Å². The number of likely N-dealkylation sites (N-methyl/N-ethyl adjacent to an activating group) is 1. The van der Waals surface area contributed by atoms with E-state index in [0.29, 0.717) is 96.1 Å². The van der Waals surface area contributed by atoms with Crippen LogP contribution in [0.25, 0.3) is 11.1 Å². The average Bonchev–Trinajstić information content (AvgIpc) is 1.63. The van der Waals surface area contributed by atoms with Crippen LogP contribution in [0.4, 0.5) is 22.7 Å². The maximum Gasteiger partial charge on any atom is 0.260 e. The van der Waals surface area contributed by atoms with Crippen molar-refractivity contribution in [3.05, 3.63) is 156 Å². The first-order chi connectivity index (χ1) is 45.9. The Morgan fingerprint density at radius 2 is 1.36 bits per heavy atom. The Bertz CT molecular complexity index is 3880. The van der Waals surface area contributed by atoms with Crippen LogP contribution in [0.5, 0.6) is 23.0 Å². The lowest BCUT2D eigenvalue weighted by molar-refractivity contribution is -0.139. The summed E-state index contributed by atoms with van der Waals surface area (Å²) in [6, 6.07) is 20.6. The van der Waals surface area contributed by atoms with E-state index in [4.69, 9.17) is 28.9 Å². The first kappa shape index (κ1) is 66.6. The molecule has 0 bridgehead atoms. The predicted molar refractivity (Wildman–Crippen MR) is 367 cm³/mol. The van der Waals surface area contributed by atoms with Crippen LogP contribution < -0.4 is 39.8 Å². The van der Waals surface area contributed by atoms with E-state index in [1.807, 2.05) is 94.1 Å². The van der Waals surface area contributed by atoms with Crippen molar-refractivity contribution < 1.29 is 52.5 Å². The molecular weight excluding hydrogens is 1200 g/mol. The summed E-state index contributed by atoms with van der Waals surface area (Å²) in [4.78, 5) is 114. The minimum absolute atomic E-state index is 0.142. The van der Waals surface area contributed by atoms with Crippen LogP contribution in [0.2, 0.25) is 0 Å². The predicted octanol–water partition coefficient (Wildman–Crippen LogP) is 10.2. The van der Waals surface area contributed by atoms with E-state index in [0.717, 1.165) is 54.0 Å². The van der Waals surface area contributed by atoms with Gasteiger partial charge in [0.1, 0.15) is 12.1 Å². The first-order valence-electron chi connectivity index (χ1n) is 32.8. The Morgan fingerprint density at radius 1 is 0.695 bits per heavy atom. The summed E-state index contributed by atoms with van der Waals surface area (Å²) < 4.78 is 23.9. The number of methoxy groups -OCH3 is 2. The minimum Gasteiger partial charge on any atom is -0.493 e. The molecule has 21 heteroatoms. The number of benzene rings is 4. The van der Waals surface area contributed by atoms with Crippen LogP contribution in [0, 0.1) is 11.8 Å². The number of ether oxygens (including phenoxy) is 4. The van der Waals surface area contributed by atoms with Crippen molar-refractivity contribution >= 4 is 87.7 Å². The van der Waals surface area contributed by atoms with Gasteiger partial charge in [-0.1, -0.05) is 87.1 Å². The molecule has 0 spiro atoms. The maximum absolute atomic E-state index is 14.4. The number of allylic oxidation sites excluding steroid dienone is 7. The molecule has 2 saturated heterocycles. The number of anilines is 2. The van der Waals surface area contributed by atoms with E-state index in [9.17, 15) is 33.6 Å². The van der Waals surface area contributed by atoms with E-state index >= 15 is 0 Å². The molecule has 3 N–H and O–H groups in total. The highest BCUT2D eigenvalue weighted by Crippen LogP contribution is 2.45. The number of nitrogens with zero attached hydrogens (tertiary/aromatic N) is 7. The number of piperazine rings is 1. The van der Waals surface area contributed by atoms with Crippen LogP contribution in [-0.4, -0.2) is 164 Å². The molecule has 4 aromatic carbocycles. The number of carbonyl (C=O) groups is 7. The Balaban J connectivity index is 0.625. The van der Waals surface area contributed by atoms with Crippen molar-refractivity contribution in [2.45, 2.75) is 109 Å². The van der Waals surface area contributed by atoms with Gasteiger partial charge in [0.25, 0.3) is 11.8 Å². The number of fused-ring (bicyclic) bond motifs is 4. The molecule has 2 fully saturated rings. The molecule has 6 heterocycles. The Labute approximate surface area is 554 Å². The lowest BCUT2D eigenvalue weighted by atomic mass is 9.93. The molecule has 4 aromatic rings. The second-order valence-corrected chi connectivity index (χ2v) is 25.6. The van der Waals surface area contributed by atoms with Crippen LogP contribution in [0.3, 0.4) is 0 Å². The Kier molecular flexibility index (Phi) is 20.7. The number of hydrogen-bond acceptors (Lipinski definition) is 15. The number of likely N-dealkylation sites (tertiary alicyclic amines) is 1. The van der Waals surface area contributed by atoms with Crippen molar-refractivity contribution in [3.8, 4) is 23.0 Å². The second kappa shape index (κ2) is 29.6. The fourth-order valence-electron chi connectivity index (χ4n) is 12.8. The fourth-order valence-corrected chi connectivity index (χ4v) is 12.8. The summed E-state index contributed by atoms with van der Waals surface area (Å²) in [6.45, 7) is 12.0. The van der Waals surface area contributed by atoms with Gasteiger partial charge in [-0.25, -0.2) is 0 Å². The molecule has 6 aliphatic heterocycles. The molecule has 0 aromatic heterocycles. The van der Waals surface area contributed by atoms with Crippen LogP contribution in [0.1, 0.15) is 117 Å². The normalized spacial score (nSPS) is 22.0. The first-order valence-corrected chi connectivity index (χ1v) is 32.8. The SMILES string of the molecule is COc1cc2c(cc1OCCCOc1cc3c(cc1OC)C(=O)N1C=C(c4ccc(NC(=O)[C@H](C)NC(=O)C(NC(=O)CCCCCN5C(=O)CC(C6=C\C\C=C/C=C\C=C/6)C5=O)C(C)C)cc4)C[C@@]1(C)C=N3)N=C[C@@H]1CC(c3ccc(N4CCN(C)CC4)cc3)=CN1C2=O. The number of amides is 7. The molecular formula is C74H84N10O11. The highest BCUT2D eigenvalue weighted by Gasteiger charge is 2.43. The zero-order valence-electron chi connectivity index (χ0n) is 55.1. The van der Waals surface area contributed by atoms with Crippen LogP contribution >= 0.6 is 0 Å². The molecule has 21 nitrogen and oxygen atoms in total. The standard InChI is InChI=1S/C74H84N10O11/c1-47(2)68(79-66(85)20-15-12-16-29-82-67(86)39-57(71(82)89)51-18-13-10-8-9-11-14-19-51)70(88)77-48(3)69(87)78-54-25-21-50(22-26-54)53-42-74(4)46-76-61-41-65(63(93-7)38-59(61)73(91)84(74)45-53)95-35-17-34-94-64-40-60-58(37-62(64)92-6)72(90)83-44-52(36-56(83)43-75-60)49-23-27-55(28-24-49)81-32-30-80(5)31-33-81/h8-11,13,18-19,21-28,37-38,40-41,43-48,56-57,68H,12,14-17,20,29-36,39,42H2,1-7H3,(H,77,88)(H,78,87)(H,79,85)/b10-8-,11-9-,18-13-,51-19+/t48-,56-,57?,68?,74-/m0/s1. The van der Waals surface area contributed by atoms with E-state index in [1.165, 1.54) is 24.8 Å². The third kappa shape index (κ3) is 15.2. The molecule has 0 saturated carbocycles. The molecule has 7 aliphatic rings.